The molecule has 312 valence electrons. The highest BCUT2D eigenvalue weighted by molar-refractivity contribution is 7.00. The number of fused-ring (bicyclic) bond motifs is 7. The summed E-state index contributed by atoms with van der Waals surface area (Å²) >= 11 is 0. The van der Waals surface area contributed by atoms with Crippen molar-refractivity contribution >= 4 is 96.2 Å². The average molecular weight is 838 g/mol. The lowest BCUT2D eigenvalue weighted by atomic mass is 9.33. The standard InChI is InChI=1S/C60H48BN3O/c1-37-14-23-43(24-15-37)62(44-25-16-38(2)17-26-44)47-34-56-59-57(35-47)64(46-29-20-40(4)21-30-46)55-36-51(50-12-9-11-49-48-10-7-8-13-58(48)65-60(49)50)42(6)33-53(55)61(59)52-32-41(5)22-31-54(52)63(56)45-27-18-39(3)19-28-45/h7-36H,1-6H3. The highest BCUT2D eigenvalue weighted by atomic mass is 16.3. The van der Waals surface area contributed by atoms with E-state index in [0.29, 0.717) is 0 Å². The maximum Gasteiger partial charge on any atom is 0.252 e. The Morgan fingerprint density at radius 2 is 0.923 bits per heavy atom. The van der Waals surface area contributed by atoms with Gasteiger partial charge in [0, 0.05) is 61.8 Å². The third-order valence-corrected chi connectivity index (χ3v) is 13.7. The molecule has 12 rings (SSSR count). The first-order valence-corrected chi connectivity index (χ1v) is 22.7. The van der Waals surface area contributed by atoms with Gasteiger partial charge in [0.05, 0.1) is 5.69 Å². The lowest BCUT2D eigenvalue weighted by molar-refractivity contribution is 0.670. The first-order chi connectivity index (χ1) is 31.7. The molecule has 10 aromatic rings. The van der Waals surface area contributed by atoms with Crippen molar-refractivity contribution in [2.45, 2.75) is 41.5 Å². The summed E-state index contributed by atoms with van der Waals surface area (Å²) in [6.07, 6.45) is 0. The molecule has 9 aromatic carbocycles. The molecule has 4 nitrogen and oxygen atoms in total. The van der Waals surface area contributed by atoms with Crippen molar-refractivity contribution in [2.75, 3.05) is 14.7 Å². The smallest absolute Gasteiger partial charge is 0.252 e. The fraction of sp³-hybridized carbons (Fsp3) is 0.100. The molecular weight excluding hydrogens is 789 g/mol. The van der Waals surface area contributed by atoms with Gasteiger partial charge in [0.1, 0.15) is 11.2 Å². The van der Waals surface area contributed by atoms with E-state index in [9.17, 15) is 0 Å². The first kappa shape index (κ1) is 38.9. The molecule has 0 amide bonds. The van der Waals surface area contributed by atoms with Crippen molar-refractivity contribution in [1.82, 2.24) is 0 Å². The maximum absolute atomic E-state index is 6.72. The molecule has 0 N–H and O–H groups in total. The normalized spacial score (nSPS) is 12.7. The molecule has 3 heterocycles. The second kappa shape index (κ2) is 14.9. The van der Waals surface area contributed by atoms with Gasteiger partial charge in [-0.3, -0.25) is 0 Å². The first-order valence-electron chi connectivity index (χ1n) is 22.7. The van der Waals surface area contributed by atoms with Crippen molar-refractivity contribution in [3.63, 3.8) is 0 Å². The molecule has 65 heavy (non-hydrogen) atoms. The molecule has 1 aromatic heterocycles. The van der Waals surface area contributed by atoms with Crippen LogP contribution in [0.2, 0.25) is 0 Å². The van der Waals surface area contributed by atoms with Crippen LogP contribution in [0.25, 0.3) is 33.1 Å². The fourth-order valence-electron chi connectivity index (χ4n) is 10.4. The summed E-state index contributed by atoms with van der Waals surface area (Å²) in [5, 5.41) is 2.26. The van der Waals surface area contributed by atoms with Gasteiger partial charge >= 0.3 is 0 Å². The summed E-state index contributed by atoms with van der Waals surface area (Å²) in [6.45, 7) is 13.1. The van der Waals surface area contributed by atoms with Gasteiger partial charge in [0.25, 0.3) is 6.71 Å². The van der Waals surface area contributed by atoms with E-state index >= 15 is 0 Å². The third kappa shape index (κ3) is 6.29. The molecule has 0 saturated carbocycles. The summed E-state index contributed by atoms with van der Waals surface area (Å²) in [5.41, 5.74) is 25.5. The van der Waals surface area contributed by atoms with Crippen LogP contribution in [0.3, 0.4) is 0 Å². The van der Waals surface area contributed by atoms with E-state index < -0.39 is 0 Å². The van der Waals surface area contributed by atoms with Crippen LogP contribution in [0.1, 0.15) is 33.4 Å². The predicted octanol–water partition coefficient (Wildman–Crippen LogP) is 14.7. The highest BCUT2D eigenvalue weighted by Gasteiger charge is 2.44. The van der Waals surface area contributed by atoms with Crippen LogP contribution < -0.4 is 31.1 Å². The summed E-state index contributed by atoms with van der Waals surface area (Å²) in [4.78, 5) is 7.47. The van der Waals surface area contributed by atoms with Gasteiger partial charge in [-0.2, -0.15) is 0 Å². The highest BCUT2D eigenvalue weighted by Crippen LogP contribution is 2.49. The second-order valence-electron chi connectivity index (χ2n) is 18.2. The molecule has 0 bridgehead atoms. The number of hydrogen-bond donors (Lipinski definition) is 0. The number of aryl methyl sites for hydroxylation is 6. The number of benzene rings is 9. The lowest BCUT2D eigenvalue weighted by Gasteiger charge is -2.45. The van der Waals surface area contributed by atoms with Crippen molar-refractivity contribution in [3.8, 4) is 11.1 Å². The number of nitrogens with zero attached hydrogens (tertiary/aromatic N) is 3. The zero-order chi connectivity index (χ0) is 44.1. The Bertz CT molecular complexity index is 3450. The topological polar surface area (TPSA) is 22.9 Å². The minimum atomic E-state index is -0.0377. The van der Waals surface area contributed by atoms with Crippen molar-refractivity contribution in [2.24, 2.45) is 0 Å². The van der Waals surface area contributed by atoms with Crippen LogP contribution in [-0.2, 0) is 0 Å². The average Bonchev–Trinajstić information content (AvgIpc) is 3.70. The van der Waals surface area contributed by atoms with Crippen LogP contribution >= 0.6 is 0 Å². The number of furan rings is 1. The quantitative estimate of drug-likeness (QED) is 0.156. The molecule has 0 fully saturated rings. The number of hydrogen-bond acceptors (Lipinski definition) is 4. The molecule has 0 atom stereocenters. The van der Waals surface area contributed by atoms with Crippen LogP contribution in [0.4, 0.5) is 51.2 Å². The third-order valence-electron chi connectivity index (χ3n) is 13.7. The van der Waals surface area contributed by atoms with E-state index in [1.54, 1.807) is 0 Å². The van der Waals surface area contributed by atoms with Gasteiger partial charge in [0.2, 0.25) is 0 Å². The van der Waals surface area contributed by atoms with Gasteiger partial charge in [-0.05, 0) is 148 Å². The van der Waals surface area contributed by atoms with Crippen LogP contribution in [0, 0.1) is 41.5 Å². The molecule has 2 aliphatic rings. The van der Waals surface area contributed by atoms with Crippen molar-refractivity contribution in [1.29, 1.82) is 0 Å². The van der Waals surface area contributed by atoms with Gasteiger partial charge in [0.15, 0.2) is 0 Å². The Hall–Kier alpha value is -7.76. The minimum absolute atomic E-state index is 0.0377. The molecule has 0 radical (unpaired) electrons. The van der Waals surface area contributed by atoms with E-state index in [0.717, 1.165) is 72.9 Å². The molecule has 0 saturated heterocycles. The van der Waals surface area contributed by atoms with Crippen molar-refractivity contribution < 1.29 is 4.42 Å². The van der Waals surface area contributed by atoms with Crippen molar-refractivity contribution in [3.05, 3.63) is 215 Å². The molecule has 0 aliphatic carbocycles. The van der Waals surface area contributed by atoms with E-state index in [1.165, 1.54) is 61.1 Å². The summed E-state index contributed by atoms with van der Waals surface area (Å²) in [6, 6.07) is 67.7. The summed E-state index contributed by atoms with van der Waals surface area (Å²) < 4.78 is 6.72. The van der Waals surface area contributed by atoms with E-state index in [-0.39, 0.29) is 6.71 Å². The Kier molecular flexibility index (Phi) is 8.93. The van der Waals surface area contributed by atoms with Gasteiger partial charge in [-0.1, -0.05) is 131 Å². The monoisotopic (exact) mass is 837 g/mol. The number of para-hydroxylation sites is 2. The Morgan fingerprint density at radius 1 is 0.400 bits per heavy atom. The van der Waals surface area contributed by atoms with Crippen LogP contribution in [0.5, 0.6) is 0 Å². The van der Waals surface area contributed by atoms with E-state index in [1.807, 2.05) is 0 Å². The Morgan fingerprint density at radius 3 is 1.54 bits per heavy atom. The molecule has 5 heteroatoms. The fourth-order valence-corrected chi connectivity index (χ4v) is 10.4. The SMILES string of the molecule is Cc1ccc(N(c2ccc(C)cc2)c2cc3c4c(c2)N(c2ccc(C)cc2)c2cc(-c5cccc6c5oc5ccccc56)c(C)cc2B4c2cc(C)ccc2N3c2ccc(C)cc2)cc1. The largest absolute Gasteiger partial charge is 0.455 e. The maximum atomic E-state index is 6.72. The summed E-state index contributed by atoms with van der Waals surface area (Å²) in [5.74, 6) is 0. The minimum Gasteiger partial charge on any atom is -0.455 e. The van der Waals surface area contributed by atoms with Crippen LogP contribution in [0.15, 0.2) is 186 Å². The zero-order valence-electron chi connectivity index (χ0n) is 37.6. The van der Waals surface area contributed by atoms with Gasteiger partial charge < -0.3 is 19.1 Å². The molecule has 2 aliphatic heterocycles. The Balaban J connectivity index is 1.20. The number of anilines is 9. The zero-order valence-corrected chi connectivity index (χ0v) is 37.6. The second-order valence-corrected chi connectivity index (χ2v) is 18.2. The molecule has 0 unspecified atom stereocenters. The van der Waals surface area contributed by atoms with Gasteiger partial charge in [-0.15, -0.1) is 0 Å². The van der Waals surface area contributed by atoms with Crippen LogP contribution in [-0.4, -0.2) is 6.71 Å². The molecular formula is C60H48BN3O. The predicted molar refractivity (Wildman–Crippen MR) is 276 cm³/mol. The van der Waals surface area contributed by atoms with Gasteiger partial charge in [-0.25, -0.2) is 0 Å². The summed E-state index contributed by atoms with van der Waals surface area (Å²) in [7, 11) is 0. The van der Waals surface area contributed by atoms with E-state index in [2.05, 4.69) is 238 Å². The van der Waals surface area contributed by atoms with E-state index in [4.69, 9.17) is 4.42 Å². The molecule has 0 spiro atoms. The number of rotatable bonds is 6. The lowest BCUT2D eigenvalue weighted by Crippen LogP contribution is -2.61. The Labute approximate surface area is 381 Å².